The number of hydrogen-bond acceptors (Lipinski definition) is 5. The topological polar surface area (TPSA) is 71.8 Å². The van der Waals surface area contributed by atoms with Crippen LogP contribution in [0.25, 0.3) is 11.0 Å². The van der Waals surface area contributed by atoms with Gasteiger partial charge in [0.15, 0.2) is 0 Å². The first-order valence-corrected chi connectivity index (χ1v) is 10.8. The van der Waals surface area contributed by atoms with E-state index in [1.165, 1.54) is 12.8 Å². The van der Waals surface area contributed by atoms with Crippen LogP contribution in [0, 0.1) is 0 Å². The summed E-state index contributed by atoms with van der Waals surface area (Å²) in [4.78, 5) is 27.7. The van der Waals surface area contributed by atoms with Crippen molar-refractivity contribution in [2.45, 2.75) is 31.7 Å². The highest BCUT2D eigenvalue weighted by molar-refractivity contribution is 5.96. The molecule has 0 bridgehead atoms. The van der Waals surface area contributed by atoms with Gasteiger partial charge in [-0.25, -0.2) is 4.79 Å². The van der Waals surface area contributed by atoms with Crippen LogP contribution < -0.4 is 15.7 Å². The molecule has 6 nitrogen and oxygen atoms in total. The molecule has 0 spiro atoms. The third kappa shape index (κ3) is 4.97. The highest BCUT2D eigenvalue weighted by atomic mass is 16.5. The minimum absolute atomic E-state index is 0.0282. The summed E-state index contributed by atoms with van der Waals surface area (Å²) in [6.07, 6.45) is 4.76. The Morgan fingerprint density at radius 3 is 2.48 bits per heavy atom. The zero-order valence-electron chi connectivity index (χ0n) is 17.8. The predicted molar refractivity (Wildman–Crippen MR) is 121 cm³/mol. The van der Waals surface area contributed by atoms with Crippen molar-refractivity contribution in [1.82, 2.24) is 10.2 Å². The third-order valence-electron chi connectivity index (χ3n) is 5.92. The van der Waals surface area contributed by atoms with Crippen LogP contribution in [0.5, 0.6) is 5.75 Å². The zero-order valence-corrected chi connectivity index (χ0v) is 17.8. The Kier molecular flexibility index (Phi) is 6.67. The van der Waals surface area contributed by atoms with Crippen LogP contribution in [0.3, 0.4) is 0 Å². The fourth-order valence-corrected chi connectivity index (χ4v) is 4.20. The molecule has 0 radical (unpaired) electrons. The Balaban J connectivity index is 1.55. The molecule has 3 aromatic rings. The van der Waals surface area contributed by atoms with Gasteiger partial charge in [-0.2, -0.15) is 0 Å². The van der Waals surface area contributed by atoms with Gasteiger partial charge in [-0.05, 0) is 55.8 Å². The summed E-state index contributed by atoms with van der Waals surface area (Å²) in [5.74, 6) is 0.393. The maximum absolute atomic E-state index is 12.9. The largest absolute Gasteiger partial charge is 0.497 e. The summed E-state index contributed by atoms with van der Waals surface area (Å²) >= 11 is 0. The number of nitrogens with one attached hydrogen (secondary N) is 1. The van der Waals surface area contributed by atoms with Gasteiger partial charge >= 0.3 is 5.63 Å². The minimum Gasteiger partial charge on any atom is -0.497 e. The summed E-state index contributed by atoms with van der Waals surface area (Å²) in [6.45, 7) is 2.40. The molecule has 1 aliphatic rings. The number of fused-ring (bicyclic) bond motifs is 1. The summed E-state index contributed by atoms with van der Waals surface area (Å²) in [7, 11) is 1.65. The van der Waals surface area contributed by atoms with Gasteiger partial charge < -0.3 is 14.5 Å². The molecule has 4 rings (SSSR count). The maximum atomic E-state index is 12.9. The second-order valence-corrected chi connectivity index (χ2v) is 7.93. The van der Waals surface area contributed by atoms with Gasteiger partial charge in [0.05, 0.1) is 13.2 Å². The monoisotopic (exact) mass is 420 g/mol. The van der Waals surface area contributed by atoms with Gasteiger partial charge in [0.2, 0.25) is 0 Å². The van der Waals surface area contributed by atoms with Crippen LogP contribution in [-0.4, -0.2) is 37.6 Å². The molecule has 1 N–H and O–H groups in total. The van der Waals surface area contributed by atoms with Crippen LogP contribution in [0.15, 0.2) is 63.8 Å². The van der Waals surface area contributed by atoms with E-state index in [0.29, 0.717) is 12.1 Å². The van der Waals surface area contributed by atoms with Crippen molar-refractivity contribution in [2.24, 2.45) is 0 Å². The van der Waals surface area contributed by atoms with E-state index in [-0.39, 0.29) is 11.6 Å². The number of nitrogens with zero attached hydrogens (tertiary/aromatic N) is 1. The molecule has 1 aromatic heterocycles. The van der Waals surface area contributed by atoms with Crippen molar-refractivity contribution < 1.29 is 13.9 Å². The highest BCUT2D eigenvalue weighted by Gasteiger charge is 2.23. The van der Waals surface area contributed by atoms with E-state index in [4.69, 9.17) is 9.15 Å². The minimum atomic E-state index is -0.619. The molecule has 162 valence electrons. The second kappa shape index (κ2) is 9.79. The summed E-state index contributed by atoms with van der Waals surface area (Å²) in [6, 6.07) is 16.8. The van der Waals surface area contributed by atoms with Gasteiger partial charge in [-0.3, -0.25) is 9.69 Å². The number of benzene rings is 2. The second-order valence-electron chi connectivity index (χ2n) is 7.93. The van der Waals surface area contributed by atoms with Crippen molar-refractivity contribution in [2.75, 3.05) is 26.7 Å². The van der Waals surface area contributed by atoms with Gasteiger partial charge in [-0.15, -0.1) is 0 Å². The predicted octanol–water partition coefficient (Wildman–Crippen LogP) is 4.15. The number of carbonyl (C=O) groups excluding carboxylic acids is 1. The molecule has 1 amide bonds. The quantitative estimate of drug-likeness (QED) is 0.607. The normalized spacial score (nSPS) is 15.9. The average molecular weight is 421 g/mol. The zero-order chi connectivity index (χ0) is 21.6. The summed E-state index contributed by atoms with van der Waals surface area (Å²) in [5, 5.41) is 3.71. The van der Waals surface area contributed by atoms with E-state index in [0.717, 1.165) is 42.6 Å². The first-order chi connectivity index (χ1) is 15.2. The van der Waals surface area contributed by atoms with Crippen molar-refractivity contribution in [1.29, 1.82) is 0 Å². The van der Waals surface area contributed by atoms with E-state index in [1.54, 1.807) is 25.3 Å². The van der Waals surface area contributed by atoms with Crippen molar-refractivity contribution in [3.8, 4) is 5.75 Å². The van der Waals surface area contributed by atoms with E-state index < -0.39 is 11.5 Å². The molecular weight excluding hydrogens is 392 g/mol. The average Bonchev–Trinajstić information content (AvgIpc) is 3.08. The number of rotatable bonds is 6. The lowest BCUT2D eigenvalue weighted by molar-refractivity contribution is 0.0929. The standard InChI is InChI=1S/C25H28N2O4/c1-30-20-12-10-18(11-13-20)22(27-14-6-2-3-7-15-27)17-26-24(28)21-16-19-8-4-5-9-23(19)31-25(21)29/h4-5,8-13,16,22H,2-3,6-7,14-15,17H2,1H3,(H,26,28). The third-order valence-corrected chi connectivity index (χ3v) is 5.92. The molecule has 1 atom stereocenters. The van der Waals surface area contributed by atoms with E-state index in [1.807, 2.05) is 36.4 Å². The summed E-state index contributed by atoms with van der Waals surface area (Å²) in [5.41, 5.74) is 1.01. The Bertz CT molecular complexity index is 1080. The number of methoxy groups -OCH3 is 1. The smallest absolute Gasteiger partial charge is 0.349 e. The van der Waals surface area contributed by atoms with Crippen LogP contribution >= 0.6 is 0 Å². The Hall–Kier alpha value is -3.12. The Labute approximate surface area is 181 Å². The van der Waals surface area contributed by atoms with Crippen molar-refractivity contribution >= 4 is 16.9 Å². The van der Waals surface area contributed by atoms with Crippen LogP contribution in [0.4, 0.5) is 0 Å². The molecule has 0 saturated carbocycles. The number of amides is 1. The molecule has 1 fully saturated rings. The molecule has 2 aromatic carbocycles. The fraction of sp³-hybridized carbons (Fsp3) is 0.360. The molecule has 31 heavy (non-hydrogen) atoms. The van der Waals surface area contributed by atoms with Gasteiger partial charge in [0.1, 0.15) is 16.9 Å². The van der Waals surface area contributed by atoms with Crippen LogP contribution in [0.1, 0.15) is 47.6 Å². The van der Waals surface area contributed by atoms with Crippen LogP contribution in [-0.2, 0) is 0 Å². The number of hydrogen-bond donors (Lipinski definition) is 1. The number of para-hydroxylation sites is 1. The van der Waals surface area contributed by atoms with Gasteiger partial charge in [-0.1, -0.05) is 43.2 Å². The molecule has 1 unspecified atom stereocenters. The molecule has 1 aliphatic heterocycles. The lowest BCUT2D eigenvalue weighted by Crippen LogP contribution is -2.39. The SMILES string of the molecule is COc1ccc(C(CNC(=O)c2cc3ccccc3oc2=O)N2CCCCCC2)cc1. The number of carbonyl (C=O) groups is 1. The molecular formula is C25H28N2O4. The lowest BCUT2D eigenvalue weighted by atomic mass is 10.0. The van der Waals surface area contributed by atoms with Crippen LogP contribution in [0.2, 0.25) is 0 Å². The van der Waals surface area contributed by atoms with Gasteiger partial charge in [0, 0.05) is 11.9 Å². The van der Waals surface area contributed by atoms with E-state index >= 15 is 0 Å². The highest BCUT2D eigenvalue weighted by Crippen LogP contribution is 2.25. The van der Waals surface area contributed by atoms with Crippen molar-refractivity contribution in [3.05, 3.63) is 76.1 Å². The van der Waals surface area contributed by atoms with E-state index in [9.17, 15) is 9.59 Å². The molecule has 1 saturated heterocycles. The summed E-state index contributed by atoms with van der Waals surface area (Å²) < 4.78 is 10.6. The first kappa shape index (κ1) is 21.1. The molecule has 0 aliphatic carbocycles. The Morgan fingerprint density at radius 2 is 1.77 bits per heavy atom. The van der Waals surface area contributed by atoms with E-state index in [2.05, 4.69) is 10.2 Å². The maximum Gasteiger partial charge on any atom is 0.349 e. The molecule has 2 heterocycles. The van der Waals surface area contributed by atoms with Gasteiger partial charge in [0.25, 0.3) is 5.91 Å². The Morgan fingerprint density at radius 1 is 1.06 bits per heavy atom. The first-order valence-electron chi connectivity index (χ1n) is 10.8. The fourth-order valence-electron chi connectivity index (χ4n) is 4.20. The van der Waals surface area contributed by atoms with Crippen molar-refractivity contribution in [3.63, 3.8) is 0 Å². The number of ether oxygens (including phenoxy) is 1. The molecule has 6 heteroatoms. The lowest BCUT2D eigenvalue weighted by Gasteiger charge is -2.31. The number of likely N-dealkylation sites (tertiary alicyclic amines) is 1.